The highest BCUT2D eigenvalue weighted by atomic mass is 16.6. The highest BCUT2D eigenvalue weighted by Gasteiger charge is 2.46. The molecule has 12 rings (SSSR count). The lowest BCUT2D eigenvalue weighted by atomic mass is 9.33. The molecule has 0 fully saturated rings. The van der Waals surface area contributed by atoms with Crippen molar-refractivity contribution in [3.8, 4) is 34.1 Å². The zero-order chi connectivity index (χ0) is 41.6. The topological polar surface area (TPSA) is 43.4 Å². The van der Waals surface area contributed by atoms with Crippen molar-refractivity contribution in [2.75, 3.05) is 36.2 Å². The zero-order valence-corrected chi connectivity index (χ0v) is 36.5. The standard InChI is InChI=1S/C54H53BN2O4/c1-52(2,3)38-11-8-32(9-12-38)34-22-45-51-46(23-34)57(40-14-15-47-48(25-40)59-17-16-58-47)44-27-50-49(60-18-19-61-50)26-42(44)55(51)41-21-36-30-54(6,7)31-37(36)24-43(41)56(45)39-13-10-33-28-53(4,5)29-35(33)20-39/h8-15,20-27H,16-19,28-31H2,1-7H3. The molecule has 6 aromatic rings. The lowest BCUT2D eigenvalue weighted by Crippen LogP contribution is -2.61. The smallest absolute Gasteiger partial charge is 0.252 e. The van der Waals surface area contributed by atoms with Gasteiger partial charge in [0, 0.05) is 40.6 Å². The SMILES string of the molecule is CC1(C)Cc2ccc(N3c4cc5c(cc4B4c6cc7c(cc6N(c6ccc8c(c6)OCCO8)c6cc(-c8ccc(C(C)(C)C)cc8)cc3c64)OCCO7)CC(C)(C)C5)cc2C1. The quantitative estimate of drug-likeness (QED) is 0.166. The molecule has 0 radical (unpaired) electrons. The summed E-state index contributed by atoms with van der Waals surface area (Å²) >= 11 is 0. The number of rotatable bonds is 3. The van der Waals surface area contributed by atoms with Crippen molar-refractivity contribution in [2.45, 2.75) is 79.6 Å². The van der Waals surface area contributed by atoms with E-state index < -0.39 is 0 Å². The fourth-order valence-electron chi connectivity index (χ4n) is 11.3. The van der Waals surface area contributed by atoms with E-state index >= 15 is 0 Å². The van der Waals surface area contributed by atoms with Gasteiger partial charge in [0.2, 0.25) is 0 Å². The third kappa shape index (κ3) is 5.90. The second-order valence-corrected chi connectivity index (χ2v) is 20.9. The summed E-state index contributed by atoms with van der Waals surface area (Å²) in [7, 11) is 0. The lowest BCUT2D eigenvalue weighted by Gasteiger charge is -2.45. The van der Waals surface area contributed by atoms with Gasteiger partial charge in [-0.05, 0) is 146 Å². The van der Waals surface area contributed by atoms with Crippen LogP contribution in [0.15, 0.2) is 97.1 Å². The summed E-state index contributed by atoms with van der Waals surface area (Å²) in [6.07, 6.45) is 4.32. The predicted molar refractivity (Wildman–Crippen MR) is 249 cm³/mol. The number of ether oxygens (including phenoxy) is 4. The molecule has 0 saturated heterocycles. The first kappa shape index (κ1) is 37.0. The largest absolute Gasteiger partial charge is 0.486 e. The number of anilines is 6. The van der Waals surface area contributed by atoms with Gasteiger partial charge in [0.15, 0.2) is 23.0 Å². The first-order chi connectivity index (χ1) is 29.3. The second kappa shape index (κ2) is 12.9. The van der Waals surface area contributed by atoms with Gasteiger partial charge < -0.3 is 28.7 Å². The van der Waals surface area contributed by atoms with Crippen LogP contribution in [-0.2, 0) is 31.1 Å². The van der Waals surface area contributed by atoms with Crippen LogP contribution in [0.25, 0.3) is 11.1 Å². The Bertz CT molecular complexity index is 2840. The van der Waals surface area contributed by atoms with Gasteiger partial charge >= 0.3 is 0 Å². The molecule has 0 aromatic heterocycles. The van der Waals surface area contributed by atoms with Crippen molar-refractivity contribution >= 4 is 57.2 Å². The van der Waals surface area contributed by atoms with E-state index in [9.17, 15) is 0 Å². The van der Waals surface area contributed by atoms with Crippen molar-refractivity contribution in [3.63, 3.8) is 0 Å². The van der Waals surface area contributed by atoms with Gasteiger partial charge in [-0.15, -0.1) is 0 Å². The van der Waals surface area contributed by atoms with Crippen LogP contribution in [-0.4, -0.2) is 33.1 Å². The number of benzene rings is 6. The van der Waals surface area contributed by atoms with Crippen LogP contribution < -0.4 is 45.1 Å². The van der Waals surface area contributed by atoms with Crippen LogP contribution in [0.5, 0.6) is 23.0 Å². The van der Waals surface area contributed by atoms with E-state index in [0.717, 1.165) is 65.7 Å². The summed E-state index contributed by atoms with van der Waals surface area (Å²) in [4.78, 5) is 5.05. The van der Waals surface area contributed by atoms with Crippen LogP contribution in [0, 0.1) is 10.8 Å². The Morgan fingerprint density at radius 3 is 1.62 bits per heavy atom. The summed E-state index contributed by atoms with van der Waals surface area (Å²) in [6, 6.07) is 37.4. The zero-order valence-electron chi connectivity index (χ0n) is 36.5. The Morgan fingerprint density at radius 1 is 0.459 bits per heavy atom. The summed E-state index contributed by atoms with van der Waals surface area (Å²) in [5.41, 5.74) is 20.8. The Kier molecular flexibility index (Phi) is 7.80. The van der Waals surface area contributed by atoms with Crippen LogP contribution in [0.4, 0.5) is 34.1 Å². The van der Waals surface area contributed by atoms with Gasteiger partial charge in [0.25, 0.3) is 6.71 Å². The molecule has 6 nitrogen and oxygen atoms in total. The maximum absolute atomic E-state index is 6.39. The van der Waals surface area contributed by atoms with Crippen molar-refractivity contribution in [2.24, 2.45) is 10.8 Å². The number of fused-ring (bicyclic) bond motifs is 8. The lowest BCUT2D eigenvalue weighted by molar-refractivity contribution is 0.171. The van der Waals surface area contributed by atoms with Gasteiger partial charge in [-0.1, -0.05) is 84.9 Å². The molecule has 7 heteroatoms. The van der Waals surface area contributed by atoms with E-state index in [4.69, 9.17) is 18.9 Å². The van der Waals surface area contributed by atoms with E-state index in [1.165, 1.54) is 72.4 Å². The summed E-state index contributed by atoms with van der Waals surface area (Å²) < 4.78 is 25.1. The van der Waals surface area contributed by atoms with Gasteiger partial charge in [-0.3, -0.25) is 0 Å². The van der Waals surface area contributed by atoms with E-state index in [1.807, 2.05) is 0 Å². The average molecular weight is 805 g/mol. The van der Waals surface area contributed by atoms with E-state index in [1.54, 1.807) is 0 Å². The molecule has 0 bridgehead atoms. The van der Waals surface area contributed by atoms with Crippen LogP contribution >= 0.6 is 0 Å². The Hall–Kier alpha value is -5.82. The van der Waals surface area contributed by atoms with Crippen molar-refractivity contribution < 1.29 is 18.9 Å². The van der Waals surface area contributed by atoms with E-state index in [-0.39, 0.29) is 23.0 Å². The van der Waals surface area contributed by atoms with Crippen LogP contribution in [0.2, 0.25) is 0 Å². The van der Waals surface area contributed by atoms with Gasteiger partial charge in [-0.2, -0.15) is 0 Å². The van der Waals surface area contributed by atoms with Gasteiger partial charge in [0.05, 0.1) is 5.69 Å². The van der Waals surface area contributed by atoms with Crippen molar-refractivity contribution in [1.29, 1.82) is 0 Å². The number of nitrogens with zero attached hydrogens (tertiary/aromatic N) is 2. The minimum Gasteiger partial charge on any atom is -0.486 e. The first-order valence-electron chi connectivity index (χ1n) is 22.3. The number of hydrogen-bond donors (Lipinski definition) is 0. The first-order valence-corrected chi connectivity index (χ1v) is 22.3. The molecular formula is C54H53BN2O4. The van der Waals surface area contributed by atoms with Gasteiger partial charge in [0.1, 0.15) is 26.4 Å². The second-order valence-electron chi connectivity index (χ2n) is 20.9. The molecule has 0 saturated carbocycles. The predicted octanol–water partition coefficient (Wildman–Crippen LogP) is 10.5. The fraction of sp³-hybridized carbons (Fsp3) is 0.333. The molecule has 0 spiro atoms. The maximum Gasteiger partial charge on any atom is 0.252 e. The number of hydrogen-bond acceptors (Lipinski definition) is 6. The van der Waals surface area contributed by atoms with Crippen LogP contribution in [0.1, 0.15) is 76.3 Å². The third-order valence-corrected chi connectivity index (χ3v) is 14.0. The highest BCUT2D eigenvalue weighted by molar-refractivity contribution is 7.00. The molecule has 0 amide bonds. The highest BCUT2D eigenvalue weighted by Crippen LogP contribution is 2.51. The average Bonchev–Trinajstić information content (AvgIpc) is 3.72. The molecule has 4 aliphatic heterocycles. The summed E-state index contributed by atoms with van der Waals surface area (Å²) in [6.45, 7) is 18.6. The maximum atomic E-state index is 6.39. The molecular weight excluding hydrogens is 751 g/mol. The summed E-state index contributed by atoms with van der Waals surface area (Å²) in [5, 5.41) is 0. The molecule has 306 valence electrons. The monoisotopic (exact) mass is 804 g/mol. The van der Waals surface area contributed by atoms with Crippen molar-refractivity contribution in [1.82, 2.24) is 0 Å². The van der Waals surface area contributed by atoms with Crippen LogP contribution in [0.3, 0.4) is 0 Å². The van der Waals surface area contributed by atoms with E-state index in [2.05, 4.69) is 155 Å². The third-order valence-electron chi connectivity index (χ3n) is 14.0. The molecule has 4 heterocycles. The minimum absolute atomic E-state index is 0.0461. The molecule has 0 unspecified atom stereocenters. The normalized spacial score (nSPS) is 18.2. The molecule has 6 aromatic carbocycles. The Balaban J connectivity index is 1.17. The molecule has 6 aliphatic rings. The van der Waals surface area contributed by atoms with E-state index in [0.29, 0.717) is 26.4 Å². The molecule has 2 aliphatic carbocycles. The fourth-order valence-corrected chi connectivity index (χ4v) is 11.3. The molecule has 0 atom stereocenters. The van der Waals surface area contributed by atoms with Gasteiger partial charge in [-0.25, -0.2) is 0 Å². The molecule has 61 heavy (non-hydrogen) atoms. The van der Waals surface area contributed by atoms with Crippen molar-refractivity contribution in [3.05, 3.63) is 125 Å². The Labute approximate surface area is 360 Å². The summed E-state index contributed by atoms with van der Waals surface area (Å²) in [5.74, 6) is 3.12. The minimum atomic E-state index is -0.0461. The molecule has 0 N–H and O–H groups in total. The Morgan fingerprint density at radius 2 is 0.967 bits per heavy atom.